The highest BCUT2D eigenvalue weighted by Crippen LogP contribution is 2.30. The second kappa shape index (κ2) is 6.20. The fraction of sp³-hybridized carbons (Fsp3) is 0.562. The van der Waals surface area contributed by atoms with Gasteiger partial charge in [0.1, 0.15) is 0 Å². The Balaban J connectivity index is 2.30. The molecule has 0 aromatic heterocycles. The molecule has 1 heterocycles. The lowest BCUT2D eigenvalue weighted by Crippen LogP contribution is -2.35. The van der Waals surface area contributed by atoms with Gasteiger partial charge < -0.3 is 5.11 Å². The minimum atomic E-state index is -0.712. The molecule has 1 atom stereocenters. The number of aryl methyl sites for hydroxylation is 1. The Hall–Kier alpha value is -1.35. The van der Waals surface area contributed by atoms with Gasteiger partial charge in [-0.3, -0.25) is 9.69 Å². The predicted molar refractivity (Wildman–Crippen MR) is 76.3 cm³/mol. The summed E-state index contributed by atoms with van der Waals surface area (Å²) in [6, 6.07) is 6.24. The molecule has 0 amide bonds. The van der Waals surface area contributed by atoms with Crippen molar-refractivity contribution in [3.8, 4) is 0 Å². The van der Waals surface area contributed by atoms with E-state index >= 15 is 0 Å². The highest BCUT2D eigenvalue weighted by molar-refractivity contribution is 5.68. The van der Waals surface area contributed by atoms with E-state index in [0.717, 1.165) is 13.1 Å². The van der Waals surface area contributed by atoms with E-state index in [1.807, 2.05) is 6.07 Å². The van der Waals surface area contributed by atoms with Gasteiger partial charge in [0, 0.05) is 6.04 Å². The maximum atomic E-state index is 11.2. The van der Waals surface area contributed by atoms with Gasteiger partial charge in [0.05, 0.1) is 6.42 Å². The van der Waals surface area contributed by atoms with Crippen molar-refractivity contribution >= 4 is 5.97 Å². The average Bonchev–Trinajstić information content (AvgIpc) is 2.40. The van der Waals surface area contributed by atoms with Crippen LogP contribution >= 0.6 is 0 Å². The molecular weight excluding hydrogens is 238 g/mol. The number of benzene rings is 1. The lowest BCUT2D eigenvalue weighted by Gasteiger charge is -2.35. The minimum absolute atomic E-state index is 0.0256. The number of aliphatic carboxylic acids is 1. The van der Waals surface area contributed by atoms with Gasteiger partial charge in [-0.25, -0.2) is 0 Å². The molecule has 3 nitrogen and oxygen atoms in total. The molecule has 1 aromatic rings. The molecule has 0 spiro atoms. The van der Waals surface area contributed by atoms with Crippen LogP contribution in [0.2, 0.25) is 0 Å². The summed E-state index contributed by atoms with van der Waals surface area (Å²) >= 11 is 0. The first-order valence-corrected chi connectivity index (χ1v) is 7.11. The number of hydrogen-bond acceptors (Lipinski definition) is 2. The molecule has 104 valence electrons. The van der Waals surface area contributed by atoms with Gasteiger partial charge in [0.2, 0.25) is 0 Å². The second-order valence-corrected chi connectivity index (χ2v) is 5.50. The molecule has 0 bridgehead atoms. The van der Waals surface area contributed by atoms with Crippen molar-refractivity contribution in [2.45, 2.75) is 45.6 Å². The van der Waals surface area contributed by atoms with Crippen molar-refractivity contribution < 1.29 is 9.90 Å². The Kier molecular flexibility index (Phi) is 4.59. The molecular formula is C16H23NO2. The third-order valence-corrected chi connectivity index (χ3v) is 4.20. The standard InChI is InChI=1S/C16H23NO2/c1-12-7-6-8-14(13(12)2)15(11-16(18)19)17-9-4-3-5-10-17/h6-8,15H,3-5,9-11H2,1-2H3,(H,18,19). The Morgan fingerprint density at radius 1 is 1.26 bits per heavy atom. The normalized spacial score (nSPS) is 18.2. The lowest BCUT2D eigenvalue weighted by molar-refractivity contribution is -0.138. The predicted octanol–water partition coefficient (Wildman–Crippen LogP) is 3.31. The summed E-state index contributed by atoms with van der Waals surface area (Å²) in [5.74, 6) is -0.712. The van der Waals surface area contributed by atoms with Crippen molar-refractivity contribution in [1.29, 1.82) is 0 Å². The summed E-state index contributed by atoms with van der Waals surface area (Å²) < 4.78 is 0. The first-order valence-electron chi connectivity index (χ1n) is 7.11. The van der Waals surface area contributed by atoms with Crippen molar-refractivity contribution in [3.05, 3.63) is 34.9 Å². The summed E-state index contributed by atoms with van der Waals surface area (Å²) in [5.41, 5.74) is 3.66. The Morgan fingerprint density at radius 3 is 2.58 bits per heavy atom. The van der Waals surface area contributed by atoms with Crippen molar-refractivity contribution in [2.75, 3.05) is 13.1 Å². The molecule has 1 aliphatic rings. The van der Waals surface area contributed by atoms with E-state index in [4.69, 9.17) is 0 Å². The average molecular weight is 261 g/mol. The molecule has 1 aliphatic heterocycles. The molecule has 3 heteroatoms. The highest BCUT2D eigenvalue weighted by Gasteiger charge is 2.25. The van der Waals surface area contributed by atoms with Gasteiger partial charge in [0.25, 0.3) is 0 Å². The van der Waals surface area contributed by atoms with E-state index in [2.05, 4.69) is 30.9 Å². The number of rotatable bonds is 4. The maximum absolute atomic E-state index is 11.2. The molecule has 19 heavy (non-hydrogen) atoms. The van der Waals surface area contributed by atoms with Crippen LogP contribution < -0.4 is 0 Å². The van der Waals surface area contributed by atoms with Gasteiger partial charge in [-0.2, -0.15) is 0 Å². The van der Waals surface area contributed by atoms with Gasteiger partial charge in [-0.1, -0.05) is 24.6 Å². The highest BCUT2D eigenvalue weighted by atomic mass is 16.4. The summed E-state index contributed by atoms with van der Waals surface area (Å²) in [6.07, 6.45) is 3.83. The molecule has 0 radical (unpaired) electrons. The molecule has 1 fully saturated rings. The van der Waals surface area contributed by atoms with Crippen LogP contribution in [0.1, 0.15) is 48.4 Å². The van der Waals surface area contributed by atoms with Gasteiger partial charge in [-0.05, 0) is 56.5 Å². The molecule has 1 unspecified atom stereocenters. The van der Waals surface area contributed by atoms with Crippen LogP contribution in [0.4, 0.5) is 0 Å². The third-order valence-electron chi connectivity index (χ3n) is 4.20. The van der Waals surface area contributed by atoms with Crippen LogP contribution in [-0.2, 0) is 4.79 Å². The van der Waals surface area contributed by atoms with Gasteiger partial charge in [0.15, 0.2) is 0 Å². The number of carboxylic acids is 1. The first-order chi connectivity index (χ1) is 9.09. The zero-order chi connectivity index (χ0) is 13.8. The van der Waals surface area contributed by atoms with Crippen LogP contribution in [0.5, 0.6) is 0 Å². The van der Waals surface area contributed by atoms with E-state index in [0.29, 0.717) is 0 Å². The topological polar surface area (TPSA) is 40.5 Å². The van der Waals surface area contributed by atoms with E-state index in [9.17, 15) is 9.90 Å². The lowest BCUT2D eigenvalue weighted by atomic mass is 9.93. The Bertz CT molecular complexity index is 450. The van der Waals surface area contributed by atoms with Crippen LogP contribution in [0.15, 0.2) is 18.2 Å². The van der Waals surface area contributed by atoms with E-state index < -0.39 is 5.97 Å². The second-order valence-electron chi connectivity index (χ2n) is 5.50. The smallest absolute Gasteiger partial charge is 0.305 e. The van der Waals surface area contributed by atoms with Crippen LogP contribution in [-0.4, -0.2) is 29.1 Å². The summed E-state index contributed by atoms with van der Waals surface area (Å²) in [7, 11) is 0. The van der Waals surface area contributed by atoms with Crippen molar-refractivity contribution in [2.24, 2.45) is 0 Å². The summed E-state index contributed by atoms with van der Waals surface area (Å²) in [6.45, 7) is 6.23. The molecule has 1 N–H and O–H groups in total. The Labute approximate surface area is 115 Å². The van der Waals surface area contributed by atoms with Crippen LogP contribution in [0.25, 0.3) is 0 Å². The van der Waals surface area contributed by atoms with E-state index in [1.165, 1.54) is 36.0 Å². The number of nitrogens with zero attached hydrogens (tertiary/aromatic N) is 1. The van der Waals surface area contributed by atoms with Crippen LogP contribution in [0, 0.1) is 13.8 Å². The van der Waals surface area contributed by atoms with Crippen molar-refractivity contribution in [1.82, 2.24) is 4.90 Å². The zero-order valence-corrected chi connectivity index (χ0v) is 11.9. The summed E-state index contributed by atoms with van der Waals surface area (Å²) in [4.78, 5) is 13.5. The van der Waals surface area contributed by atoms with Crippen LogP contribution in [0.3, 0.4) is 0 Å². The number of likely N-dealkylation sites (tertiary alicyclic amines) is 1. The molecule has 1 saturated heterocycles. The van der Waals surface area contributed by atoms with Gasteiger partial charge >= 0.3 is 5.97 Å². The number of carboxylic acid groups (broad SMARTS) is 1. The molecule has 0 saturated carbocycles. The third kappa shape index (κ3) is 3.35. The quantitative estimate of drug-likeness (QED) is 0.904. The van der Waals surface area contributed by atoms with E-state index in [-0.39, 0.29) is 12.5 Å². The number of carbonyl (C=O) groups is 1. The summed E-state index contributed by atoms with van der Waals surface area (Å²) in [5, 5.41) is 9.21. The number of piperidine rings is 1. The Morgan fingerprint density at radius 2 is 1.95 bits per heavy atom. The minimum Gasteiger partial charge on any atom is -0.481 e. The number of hydrogen-bond donors (Lipinski definition) is 1. The van der Waals surface area contributed by atoms with Crippen molar-refractivity contribution in [3.63, 3.8) is 0 Å². The fourth-order valence-corrected chi connectivity index (χ4v) is 2.97. The maximum Gasteiger partial charge on any atom is 0.305 e. The van der Waals surface area contributed by atoms with E-state index in [1.54, 1.807) is 0 Å². The monoisotopic (exact) mass is 261 g/mol. The van der Waals surface area contributed by atoms with Gasteiger partial charge in [-0.15, -0.1) is 0 Å². The molecule has 0 aliphatic carbocycles. The fourth-order valence-electron chi connectivity index (χ4n) is 2.97. The molecule has 1 aromatic carbocycles. The SMILES string of the molecule is Cc1cccc(C(CC(=O)O)N2CCCCC2)c1C. The first kappa shape index (κ1) is 14.1. The molecule has 2 rings (SSSR count). The largest absolute Gasteiger partial charge is 0.481 e. The zero-order valence-electron chi connectivity index (χ0n) is 11.9.